The monoisotopic (exact) mass is 322 g/mol. The van der Waals surface area contributed by atoms with Gasteiger partial charge in [0.25, 0.3) is 5.91 Å². The second kappa shape index (κ2) is 7.69. The first-order valence-electron chi connectivity index (χ1n) is 6.70. The lowest BCUT2D eigenvalue weighted by molar-refractivity contribution is 0.0955. The van der Waals surface area contributed by atoms with Crippen LogP contribution in [0, 0.1) is 0 Å². The lowest BCUT2D eigenvalue weighted by Gasteiger charge is -2.05. The van der Waals surface area contributed by atoms with Crippen LogP contribution in [-0.4, -0.2) is 41.7 Å². The summed E-state index contributed by atoms with van der Waals surface area (Å²) in [7, 11) is 1.53. The number of hydrogen-bond acceptors (Lipinski definition) is 7. The van der Waals surface area contributed by atoms with Gasteiger partial charge in [-0.1, -0.05) is 5.16 Å². The number of carbonyl (C=O) groups excluding carboxylic acids is 1. The number of carbonyl (C=O) groups is 1. The SMILES string of the molecule is COc1ccc(-c2noc(N)c2C(=O)NCCCSC)cn1. The van der Waals surface area contributed by atoms with E-state index in [9.17, 15) is 4.79 Å². The summed E-state index contributed by atoms with van der Waals surface area (Å²) < 4.78 is 9.96. The third kappa shape index (κ3) is 3.70. The molecule has 0 radical (unpaired) electrons. The first-order chi connectivity index (χ1) is 10.7. The van der Waals surface area contributed by atoms with E-state index in [-0.39, 0.29) is 17.4 Å². The Morgan fingerprint density at radius 3 is 2.95 bits per heavy atom. The van der Waals surface area contributed by atoms with Crippen LogP contribution in [0.2, 0.25) is 0 Å². The molecule has 7 nitrogen and oxygen atoms in total. The van der Waals surface area contributed by atoms with Gasteiger partial charge >= 0.3 is 0 Å². The molecule has 0 saturated heterocycles. The number of pyridine rings is 1. The summed E-state index contributed by atoms with van der Waals surface area (Å²) in [5.74, 6) is 1.15. The summed E-state index contributed by atoms with van der Waals surface area (Å²) >= 11 is 1.73. The molecule has 2 aromatic heterocycles. The average Bonchev–Trinajstić information content (AvgIpc) is 2.93. The molecule has 0 fully saturated rings. The lowest BCUT2D eigenvalue weighted by atomic mass is 10.1. The maximum absolute atomic E-state index is 12.3. The van der Waals surface area contributed by atoms with Gasteiger partial charge in [0, 0.05) is 24.4 Å². The van der Waals surface area contributed by atoms with Crippen LogP contribution in [-0.2, 0) is 0 Å². The van der Waals surface area contributed by atoms with Gasteiger partial charge in [-0.2, -0.15) is 11.8 Å². The highest BCUT2D eigenvalue weighted by Gasteiger charge is 2.22. The molecule has 1 amide bonds. The van der Waals surface area contributed by atoms with E-state index in [0.717, 1.165) is 12.2 Å². The molecule has 0 saturated carbocycles. The first kappa shape index (κ1) is 16.2. The molecule has 0 aliphatic heterocycles. The van der Waals surface area contributed by atoms with Crippen molar-refractivity contribution in [1.29, 1.82) is 0 Å². The number of nitrogen functional groups attached to an aromatic ring is 1. The van der Waals surface area contributed by atoms with Gasteiger partial charge in [0.1, 0.15) is 11.3 Å². The van der Waals surface area contributed by atoms with Crippen LogP contribution >= 0.6 is 11.8 Å². The number of rotatable bonds is 7. The highest BCUT2D eigenvalue weighted by atomic mass is 32.2. The van der Waals surface area contributed by atoms with Crippen molar-refractivity contribution < 1.29 is 14.1 Å². The molecule has 0 aromatic carbocycles. The maximum Gasteiger partial charge on any atom is 0.259 e. The van der Waals surface area contributed by atoms with E-state index in [1.165, 1.54) is 7.11 Å². The van der Waals surface area contributed by atoms with E-state index in [1.54, 1.807) is 30.1 Å². The van der Waals surface area contributed by atoms with Crippen LogP contribution in [0.1, 0.15) is 16.8 Å². The molecular formula is C14H18N4O3S. The summed E-state index contributed by atoms with van der Waals surface area (Å²) in [5, 5.41) is 6.68. The number of nitrogens with one attached hydrogen (secondary N) is 1. The van der Waals surface area contributed by atoms with Crippen molar-refractivity contribution in [1.82, 2.24) is 15.5 Å². The molecule has 118 valence electrons. The molecule has 0 atom stereocenters. The largest absolute Gasteiger partial charge is 0.481 e. The van der Waals surface area contributed by atoms with Crippen LogP contribution in [0.15, 0.2) is 22.9 Å². The number of thioether (sulfide) groups is 1. The lowest BCUT2D eigenvalue weighted by Crippen LogP contribution is -2.25. The predicted molar refractivity (Wildman–Crippen MR) is 86.0 cm³/mol. The normalized spacial score (nSPS) is 10.5. The second-order valence-electron chi connectivity index (χ2n) is 4.46. The van der Waals surface area contributed by atoms with Crippen LogP contribution in [0.4, 0.5) is 5.88 Å². The predicted octanol–water partition coefficient (Wildman–Crippen LogP) is 1.81. The number of ether oxygens (including phenoxy) is 1. The fraction of sp³-hybridized carbons (Fsp3) is 0.357. The Morgan fingerprint density at radius 2 is 2.32 bits per heavy atom. The molecule has 0 aliphatic carbocycles. The fourth-order valence-electron chi connectivity index (χ4n) is 1.87. The van der Waals surface area contributed by atoms with Gasteiger partial charge in [0.2, 0.25) is 11.8 Å². The summed E-state index contributed by atoms with van der Waals surface area (Å²) in [6, 6.07) is 3.42. The third-order valence-electron chi connectivity index (χ3n) is 2.98. The Kier molecular flexibility index (Phi) is 5.65. The number of amides is 1. The maximum atomic E-state index is 12.3. The summed E-state index contributed by atoms with van der Waals surface area (Å²) in [5.41, 5.74) is 6.96. The summed E-state index contributed by atoms with van der Waals surface area (Å²) in [6.07, 6.45) is 4.47. The molecular weight excluding hydrogens is 304 g/mol. The Balaban J connectivity index is 2.17. The molecule has 2 heterocycles. The van der Waals surface area contributed by atoms with E-state index in [4.69, 9.17) is 15.0 Å². The van der Waals surface area contributed by atoms with E-state index < -0.39 is 0 Å². The number of anilines is 1. The van der Waals surface area contributed by atoms with Crippen molar-refractivity contribution in [2.24, 2.45) is 0 Å². The number of nitrogens with zero attached hydrogens (tertiary/aromatic N) is 2. The standard InChI is InChI=1S/C14H18N4O3S/c1-20-10-5-4-9(8-17-10)12-11(13(15)21-18-12)14(19)16-6-3-7-22-2/h4-5,8H,3,6-7,15H2,1-2H3,(H,16,19). The summed E-state index contributed by atoms with van der Waals surface area (Å²) in [6.45, 7) is 0.574. The highest BCUT2D eigenvalue weighted by molar-refractivity contribution is 7.98. The molecule has 0 bridgehead atoms. The molecule has 2 aromatic rings. The topological polar surface area (TPSA) is 103 Å². The molecule has 0 aliphatic rings. The zero-order valence-corrected chi connectivity index (χ0v) is 13.3. The molecule has 22 heavy (non-hydrogen) atoms. The second-order valence-corrected chi connectivity index (χ2v) is 5.45. The molecule has 8 heteroatoms. The molecule has 2 rings (SSSR count). The van der Waals surface area contributed by atoms with Crippen LogP contribution in [0.5, 0.6) is 5.88 Å². The first-order valence-corrected chi connectivity index (χ1v) is 8.09. The van der Waals surface area contributed by atoms with Crippen LogP contribution in [0.3, 0.4) is 0 Å². The molecule has 0 unspecified atom stereocenters. The number of nitrogens with two attached hydrogens (primary N) is 1. The number of aromatic nitrogens is 2. The summed E-state index contributed by atoms with van der Waals surface area (Å²) in [4.78, 5) is 16.4. The van der Waals surface area contributed by atoms with Gasteiger partial charge in [0.05, 0.1) is 7.11 Å². The zero-order chi connectivity index (χ0) is 15.9. The number of methoxy groups -OCH3 is 1. The van der Waals surface area contributed by atoms with E-state index in [1.807, 2.05) is 6.26 Å². The van der Waals surface area contributed by atoms with Gasteiger partial charge in [-0.25, -0.2) is 4.98 Å². The Bertz CT molecular complexity index is 628. The minimum Gasteiger partial charge on any atom is -0.481 e. The van der Waals surface area contributed by atoms with Crippen molar-refractivity contribution >= 4 is 23.6 Å². The van der Waals surface area contributed by atoms with E-state index in [0.29, 0.717) is 23.7 Å². The van der Waals surface area contributed by atoms with Crippen molar-refractivity contribution in [2.75, 3.05) is 31.4 Å². The number of hydrogen-bond donors (Lipinski definition) is 2. The van der Waals surface area contributed by atoms with Crippen molar-refractivity contribution in [2.45, 2.75) is 6.42 Å². The Hall–Kier alpha value is -2.22. The Morgan fingerprint density at radius 1 is 1.50 bits per heavy atom. The molecule has 3 N–H and O–H groups in total. The average molecular weight is 322 g/mol. The van der Waals surface area contributed by atoms with Crippen molar-refractivity contribution in [3.05, 3.63) is 23.9 Å². The fourth-order valence-corrected chi connectivity index (χ4v) is 2.30. The zero-order valence-electron chi connectivity index (χ0n) is 12.5. The minimum absolute atomic E-state index is 0.00631. The minimum atomic E-state index is -0.300. The highest BCUT2D eigenvalue weighted by Crippen LogP contribution is 2.27. The van der Waals surface area contributed by atoms with Gasteiger partial charge < -0.3 is 20.3 Å². The van der Waals surface area contributed by atoms with E-state index in [2.05, 4.69) is 15.5 Å². The van der Waals surface area contributed by atoms with Gasteiger partial charge in [-0.05, 0) is 24.5 Å². The van der Waals surface area contributed by atoms with Gasteiger partial charge in [-0.15, -0.1) is 0 Å². The smallest absolute Gasteiger partial charge is 0.259 e. The Labute approximate surface area is 132 Å². The van der Waals surface area contributed by atoms with Gasteiger partial charge in [-0.3, -0.25) is 4.79 Å². The van der Waals surface area contributed by atoms with E-state index >= 15 is 0 Å². The van der Waals surface area contributed by atoms with Crippen LogP contribution in [0.25, 0.3) is 11.3 Å². The van der Waals surface area contributed by atoms with Crippen molar-refractivity contribution in [3.63, 3.8) is 0 Å². The van der Waals surface area contributed by atoms with Gasteiger partial charge in [0.15, 0.2) is 0 Å². The quantitative estimate of drug-likeness (QED) is 0.749. The van der Waals surface area contributed by atoms with Crippen molar-refractivity contribution in [3.8, 4) is 17.1 Å². The van der Waals surface area contributed by atoms with Crippen LogP contribution < -0.4 is 15.8 Å². The third-order valence-corrected chi connectivity index (χ3v) is 3.67. The molecule has 0 spiro atoms.